The van der Waals surface area contributed by atoms with Crippen molar-refractivity contribution in [2.24, 2.45) is 13.0 Å². The molecule has 1 aliphatic heterocycles. The number of benzene rings is 3. The van der Waals surface area contributed by atoms with Gasteiger partial charge in [-0.1, -0.05) is 79.7 Å². The molecule has 2 heterocycles. The smallest absolute Gasteiger partial charge is 0.271 e. The zero-order valence-corrected chi connectivity index (χ0v) is 25.2. The Balaban J connectivity index is 1.55. The zero-order chi connectivity index (χ0) is 30.0. The molecule has 1 N–H and O–H groups in total. The van der Waals surface area contributed by atoms with Crippen molar-refractivity contribution < 1.29 is 19.4 Å². The van der Waals surface area contributed by atoms with Gasteiger partial charge in [0.15, 0.2) is 0 Å². The molecule has 0 bridgehead atoms. The van der Waals surface area contributed by atoms with Gasteiger partial charge in [-0.2, -0.15) is 0 Å². The number of nitrogens with zero attached hydrogens (tertiary/aromatic N) is 3. The number of para-hydroxylation sites is 1. The van der Waals surface area contributed by atoms with Crippen molar-refractivity contribution in [1.82, 2.24) is 14.4 Å². The fraction of sp³-hybridized carbons (Fsp3) is 0.371. The van der Waals surface area contributed by atoms with Crippen LogP contribution in [0.1, 0.15) is 48.3 Å². The summed E-state index contributed by atoms with van der Waals surface area (Å²) < 4.78 is 8.62. The average Bonchev–Trinajstić information content (AvgIpc) is 3.31. The molecule has 42 heavy (non-hydrogen) atoms. The first-order valence-electron chi connectivity index (χ1n) is 14.7. The van der Waals surface area contributed by atoms with Gasteiger partial charge in [0.1, 0.15) is 5.69 Å². The molecular weight excluding hydrogens is 526 g/mol. The van der Waals surface area contributed by atoms with Crippen molar-refractivity contribution in [3.05, 3.63) is 95.7 Å². The van der Waals surface area contributed by atoms with Crippen molar-refractivity contribution in [3.8, 4) is 11.1 Å². The van der Waals surface area contributed by atoms with E-state index in [1.54, 1.807) is 9.80 Å². The molecule has 5 rings (SSSR count). The summed E-state index contributed by atoms with van der Waals surface area (Å²) in [6.07, 6.45) is -0.339. The Kier molecular flexibility index (Phi) is 8.80. The lowest BCUT2D eigenvalue weighted by Gasteiger charge is -2.35. The Morgan fingerprint density at radius 2 is 1.69 bits per heavy atom. The fourth-order valence-electron chi connectivity index (χ4n) is 6.10. The van der Waals surface area contributed by atoms with Gasteiger partial charge < -0.3 is 24.2 Å². The van der Waals surface area contributed by atoms with E-state index in [9.17, 15) is 14.7 Å². The number of hydrogen-bond acceptors (Lipinski definition) is 4. The summed E-state index contributed by atoms with van der Waals surface area (Å²) >= 11 is 0. The lowest BCUT2D eigenvalue weighted by Crippen LogP contribution is -2.48. The van der Waals surface area contributed by atoms with Crippen molar-refractivity contribution in [3.63, 3.8) is 0 Å². The minimum atomic E-state index is -0.403. The Bertz CT molecular complexity index is 1560. The Morgan fingerprint density at radius 1 is 1.02 bits per heavy atom. The highest BCUT2D eigenvalue weighted by Gasteiger charge is 2.34. The van der Waals surface area contributed by atoms with Crippen LogP contribution in [-0.2, 0) is 23.2 Å². The number of aromatic nitrogens is 1. The lowest BCUT2D eigenvalue weighted by atomic mass is 9.96. The van der Waals surface area contributed by atoms with Crippen LogP contribution in [0.15, 0.2) is 78.9 Å². The van der Waals surface area contributed by atoms with Crippen LogP contribution in [0.4, 0.5) is 0 Å². The summed E-state index contributed by atoms with van der Waals surface area (Å²) in [4.78, 5) is 31.5. The average molecular weight is 568 g/mol. The first-order chi connectivity index (χ1) is 20.2. The predicted octanol–water partition coefficient (Wildman–Crippen LogP) is 5.47. The van der Waals surface area contributed by atoms with E-state index in [0.29, 0.717) is 25.4 Å². The van der Waals surface area contributed by atoms with Gasteiger partial charge in [-0.3, -0.25) is 9.59 Å². The summed E-state index contributed by atoms with van der Waals surface area (Å²) in [5, 5.41) is 11.2. The molecule has 4 atom stereocenters. The molecule has 0 unspecified atom stereocenters. The van der Waals surface area contributed by atoms with Crippen LogP contribution in [0, 0.1) is 5.92 Å². The quantitative estimate of drug-likeness (QED) is 0.336. The molecule has 0 saturated carbocycles. The van der Waals surface area contributed by atoms with Crippen LogP contribution in [0.2, 0.25) is 0 Å². The van der Waals surface area contributed by atoms with Crippen molar-refractivity contribution in [2.45, 2.75) is 45.4 Å². The van der Waals surface area contributed by atoms with E-state index < -0.39 is 6.04 Å². The van der Waals surface area contributed by atoms with Crippen LogP contribution in [0.25, 0.3) is 22.0 Å². The minimum Gasteiger partial charge on any atom is -0.394 e. The molecule has 7 nitrogen and oxygen atoms in total. The second-order valence-corrected chi connectivity index (χ2v) is 11.6. The molecule has 0 fully saturated rings. The number of aryl methyl sites for hydroxylation is 1. The van der Waals surface area contributed by atoms with Crippen LogP contribution in [0.5, 0.6) is 0 Å². The number of amides is 2. The fourth-order valence-corrected chi connectivity index (χ4v) is 6.10. The van der Waals surface area contributed by atoms with E-state index in [0.717, 1.165) is 33.2 Å². The first kappa shape index (κ1) is 29.5. The SMILES string of the molecule is C[C@H](CO)N1C[C@H](C)[C@@H](CN(C)C(=O)[C@H](C)c2ccccc2)OCc2ccccc2-c2c(n(C)c3ccccc23)C1=O. The van der Waals surface area contributed by atoms with E-state index >= 15 is 0 Å². The highest BCUT2D eigenvalue weighted by molar-refractivity contribution is 6.10. The molecule has 2 amide bonds. The molecule has 0 aliphatic carbocycles. The predicted molar refractivity (Wildman–Crippen MR) is 166 cm³/mol. The van der Waals surface area contributed by atoms with E-state index in [4.69, 9.17) is 4.74 Å². The number of hydrogen-bond donors (Lipinski definition) is 1. The number of rotatable bonds is 6. The topological polar surface area (TPSA) is 75.0 Å². The first-order valence-corrected chi connectivity index (χ1v) is 14.7. The summed E-state index contributed by atoms with van der Waals surface area (Å²) in [7, 11) is 3.75. The Labute approximate surface area is 248 Å². The number of aliphatic hydroxyl groups excluding tert-OH is 1. The third-order valence-electron chi connectivity index (χ3n) is 8.73. The summed E-state index contributed by atoms with van der Waals surface area (Å²) in [6.45, 7) is 6.79. The molecular formula is C35H41N3O4. The number of ether oxygens (including phenoxy) is 1. The van der Waals surface area contributed by atoms with Crippen molar-refractivity contribution in [1.29, 1.82) is 0 Å². The zero-order valence-electron chi connectivity index (χ0n) is 25.2. The second kappa shape index (κ2) is 12.5. The van der Waals surface area contributed by atoms with E-state index in [2.05, 4.69) is 13.0 Å². The molecule has 0 spiro atoms. The Hall–Kier alpha value is -3.94. The maximum absolute atomic E-state index is 14.5. The summed E-state index contributed by atoms with van der Waals surface area (Å²) in [6, 6.07) is 25.5. The van der Waals surface area contributed by atoms with Gasteiger partial charge in [-0.25, -0.2) is 0 Å². The van der Waals surface area contributed by atoms with Crippen LogP contribution < -0.4 is 0 Å². The molecule has 220 valence electrons. The normalized spacial score (nSPS) is 19.0. The molecule has 0 saturated heterocycles. The highest BCUT2D eigenvalue weighted by Crippen LogP contribution is 2.38. The maximum atomic E-state index is 14.5. The van der Waals surface area contributed by atoms with Crippen LogP contribution >= 0.6 is 0 Å². The molecule has 1 aliphatic rings. The van der Waals surface area contributed by atoms with Gasteiger partial charge in [0.25, 0.3) is 5.91 Å². The van der Waals surface area contributed by atoms with E-state index in [-0.39, 0.29) is 36.4 Å². The van der Waals surface area contributed by atoms with E-state index in [1.807, 2.05) is 105 Å². The van der Waals surface area contributed by atoms with Gasteiger partial charge in [-0.15, -0.1) is 0 Å². The highest BCUT2D eigenvalue weighted by atomic mass is 16.5. The van der Waals surface area contributed by atoms with Crippen molar-refractivity contribution >= 4 is 22.7 Å². The maximum Gasteiger partial charge on any atom is 0.271 e. The summed E-state index contributed by atoms with van der Waals surface area (Å²) in [5.74, 6) is -0.518. The Morgan fingerprint density at radius 3 is 2.43 bits per heavy atom. The van der Waals surface area contributed by atoms with Gasteiger partial charge in [0.2, 0.25) is 5.91 Å². The van der Waals surface area contributed by atoms with Crippen molar-refractivity contribution in [2.75, 3.05) is 26.7 Å². The van der Waals surface area contributed by atoms with Gasteiger partial charge in [-0.05, 0) is 36.6 Å². The molecule has 4 aromatic rings. The molecule has 3 aromatic carbocycles. The lowest BCUT2D eigenvalue weighted by molar-refractivity contribution is -0.134. The molecule has 7 heteroatoms. The third kappa shape index (κ3) is 5.59. The molecule has 1 aromatic heterocycles. The monoisotopic (exact) mass is 567 g/mol. The number of likely N-dealkylation sites (N-methyl/N-ethyl adjacent to an activating group) is 1. The number of carbonyl (C=O) groups is 2. The third-order valence-corrected chi connectivity index (χ3v) is 8.73. The van der Waals surface area contributed by atoms with Gasteiger partial charge in [0, 0.05) is 49.6 Å². The second-order valence-electron chi connectivity index (χ2n) is 11.6. The summed E-state index contributed by atoms with van der Waals surface area (Å²) in [5.41, 5.74) is 5.35. The number of aliphatic hydroxyl groups is 1. The van der Waals surface area contributed by atoms with Gasteiger partial charge >= 0.3 is 0 Å². The molecule has 0 radical (unpaired) electrons. The number of carbonyl (C=O) groups excluding carboxylic acids is 2. The van der Waals surface area contributed by atoms with Crippen LogP contribution in [-0.4, -0.2) is 70.2 Å². The largest absolute Gasteiger partial charge is 0.394 e. The number of fused-ring (bicyclic) bond motifs is 5. The van der Waals surface area contributed by atoms with E-state index in [1.165, 1.54) is 0 Å². The van der Waals surface area contributed by atoms with Gasteiger partial charge in [0.05, 0.1) is 31.3 Å². The standard InChI is InChI=1S/C35H41N3O4/c1-23-19-38(24(2)21-39)35(41)33-32(29-17-11-12-18-30(29)37(33)5)28-16-10-9-15-27(28)22-42-31(23)20-36(4)34(40)25(3)26-13-7-6-8-14-26/h6-18,23-25,31,39H,19-22H2,1-5H3/t23-,24+,25+,31+/m0/s1. The minimum absolute atomic E-state index is 0.0160. The van der Waals surface area contributed by atoms with Crippen LogP contribution in [0.3, 0.4) is 0 Å².